The number of pyridine rings is 1. The number of rotatable bonds is 5. The van der Waals surface area contributed by atoms with E-state index in [1.165, 1.54) is 0 Å². The number of aliphatic carboxylic acids is 2. The van der Waals surface area contributed by atoms with Crippen LogP contribution in [-0.2, 0) is 19.1 Å². The van der Waals surface area contributed by atoms with Crippen LogP contribution in [-0.4, -0.2) is 96.3 Å². The second-order valence-corrected chi connectivity index (χ2v) is 9.21. The summed E-state index contributed by atoms with van der Waals surface area (Å²) in [6.07, 6.45) is -3.49. The average Bonchev–Trinajstić information content (AvgIpc) is 3.42. The minimum Gasteiger partial charge on any atom is -0.492 e. The quantitative estimate of drug-likeness (QED) is 0.454. The predicted molar refractivity (Wildman–Crippen MR) is 121 cm³/mol. The highest BCUT2D eigenvalue weighted by Gasteiger charge is 2.54. The maximum atomic E-state index is 12.6. The van der Waals surface area contributed by atoms with Crippen LogP contribution in [0.2, 0.25) is 0 Å². The standard InChI is InChI=1S/C19H27N3O3.2C2HF3O2/c23-18-19(5-7-22(14-19)12-15-3-8-24-9-4-15)16(10-21-18)13-25-17-2-1-6-20-11-17;2*3-2(4,5)1(6)7/h1-2,6,11,15-16H,3-5,7-10,12-14H2,(H,21,23);2*(H,6,7)/t16-,19-;;/m1../s1. The molecule has 0 aromatic carbocycles. The number of carboxylic acids is 2. The highest BCUT2D eigenvalue weighted by molar-refractivity contribution is 5.86. The number of alkyl halides is 6. The molecule has 3 aliphatic rings. The lowest BCUT2D eigenvalue weighted by Gasteiger charge is -2.30. The molecule has 1 aromatic rings. The van der Waals surface area contributed by atoms with Crippen LogP contribution in [0, 0.1) is 17.3 Å². The smallest absolute Gasteiger partial charge is 0.490 e. The number of carboxylic acid groups (broad SMARTS) is 2. The first-order valence-corrected chi connectivity index (χ1v) is 11.9. The van der Waals surface area contributed by atoms with E-state index in [1.807, 2.05) is 12.1 Å². The van der Waals surface area contributed by atoms with Crippen molar-refractivity contribution < 1.29 is 60.4 Å². The number of halogens is 6. The number of carbonyl (C=O) groups is 3. The third-order valence-corrected chi connectivity index (χ3v) is 6.55. The van der Waals surface area contributed by atoms with Crippen LogP contribution < -0.4 is 10.1 Å². The molecule has 0 aliphatic carbocycles. The minimum absolute atomic E-state index is 0.210. The Balaban J connectivity index is 0.000000317. The molecule has 0 unspecified atom stereocenters. The van der Waals surface area contributed by atoms with Crippen molar-refractivity contribution >= 4 is 17.8 Å². The molecular formula is C23H29F6N3O7. The minimum atomic E-state index is -5.08. The van der Waals surface area contributed by atoms with E-state index in [0.717, 1.165) is 57.9 Å². The summed E-state index contributed by atoms with van der Waals surface area (Å²) < 4.78 is 74.9. The molecule has 4 rings (SSSR count). The Kier molecular flexibility index (Phi) is 11.3. The summed E-state index contributed by atoms with van der Waals surface area (Å²) in [4.78, 5) is 37.0. The van der Waals surface area contributed by atoms with E-state index in [2.05, 4.69) is 15.2 Å². The molecule has 3 saturated heterocycles. The highest BCUT2D eigenvalue weighted by Crippen LogP contribution is 2.42. The van der Waals surface area contributed by atoms with E-state index in [4.69, 9.17) is 29.3 Å². The Morgan fingerprint density at radius 2 is 1.72 bits per heavy atom. The van der Waals surface area contributed by atoms with Crippen molar-refractivity contribution in [2.45, 2.75) is 31.6 Å². The normalized spacial score (nSPS) is 23.7. The van der Waals surface area contributed by atoms with Crippen LogP contribution in [0.1, 0.15) is 19.3 Å². The first-order chi connectivity index (χ1) is 18.1. The number of hydrogen-bond acceptors (Lipinski definition) is 7. The zero-order valence-corrected chi connectivity index (χ0v) is 20.6. The van der Waals surface area contributed by atoms with Gasteiger partial charge in [-0.1, -0.05) is 0 Å². The first kappa shape index (κ1) is 32.1. The lowest BCUT2D eigenvalue weighted by atomic mass is 9.77. The van der Waals surface area contributed by atoms with Crippen LogP contribution in [0.4, 0.5) is 26.3 Å². The van der Waals surface area contributed by atoms with Gasteiger partial charge in [-0.3, -0.25) is 9.78 Å². The number of nitrogens with one attached hydrogen (secondary N) is 1. The summed E-state index contributed by atoms with van der Waals surface area (Å²) in [6.45, 7) is 6.00. The summed E-state index contributed by atoms with van der Waals surface area (Å²) in [5, 5.41) is 17.3. The molecule has 39 heavy (non-hydrogen) atoms. The lowest BCUT2D eigenvalue weighted by Crippen LogP contribution is -2.41. The van der Waals surface area contributed by atoms with Gasteiger partial charge in [0.2, 0.25) is 5.91 Å². The monoisotopic (exact) mass is 573 g/mol. The number of hydrogen-bond donors (Lipinski definition) is 3. The van der Waals surface area contributed by atoms with Crippen molar-refractivity contribution in [1.82, 2.24) is 15.2 Å². The molecule has 0 bridgehead atoms. The van der Waals surface area contributed by atoms with Crippen molar-refractivity contribution in [3.8, 4) is 5.75 Å². The molecule has 16 heteroatoms. The Bertz CT molecular complexity index is 934. The number of likely N-dealkylation sites (tertiary alicyclic amines) is 1. The number of amides is 1. The molecule has 1 amide bonds. The van der Waals surface area contributed by atoms with Gasteiger partial charge in [-0.25, -0.2) is 9.59 Å². The third-order valence-electron chi connectivity index (χ3n) is 6.55. The van der Waals surface area contributed by atoms with Crippen LogP contribution >= 0.6 is 0 Å². The van der Waals surface area contributed by atoms with E-state index in [0.29, 0.717) is 19.1 Å². The largest absolute Gasteiger partial charge is 0.492 e. The molecular weight excluding hydrogens is 544 g/mol. The fourth-order valence-electron chi connectivity index (χ4n) is 4.50. The van der Waals surface area contributed by atoms with Gasteiger partial charge >= 0.3 is 24.3 Å². The molecule has 4 heterocycles. The first-order valence-electron chi connectivity index (χ1n) is 11.9. The molecule has 2 atom stereocenters. The SMILES string of the molecule is O=C(O)C(F)(F)F.O=C(O)C(F)(F)F.O=C1NC[C@H](COc2cccnc2)[C@]12CCN(CC1CCOCC1)C2. The van der Waals surface area contributed by atoms with E-state index in [1.54, 1.807) is 12.4 Å². The van der Waals surface area contributed by atoms with Gasteiger partial charge in [0.25, 0.3) is 0 Å². The van der Waals surface area contributed by atoms with Crippen molar-refractivity contribution in [1.29, 1.82) is 0 Å². The number of nitrogens with zero attached hydrogens (tertiary/aromatic N) is 2. The van der Waals surface area contributed by atoms with Gasteiger partial charge in [0.15, 0.2) is 0 Å². The fraction of sp³-hybridized carbons (Fsp3) is 0.652. The van der Waals surface area contributed by atoms with Gasteiger partial charge < -0.3 is 29.9 Å². The highest BCUT2D eigenvalue weighted by atomic mass is 19.4. The predicted octanol–water partition coefficient (Wildman–Crippen LogP) is 2.59. The van der Waals surface area contributed by atoms with Crippen molar-refractivity contribution in [2.24, 2.45) is 17.3 Å². The van der Waals surface area contributed by atoms with E-state index in [9.17, 15) is 31.1 Å². The van der Waals surface area contributed by atoms with Gasteiger partial charge in [0.1, 0.15) is 5.75 Å². The maximum Gasteiger partial charge on any atom is 0.490 e. The van der Waals surface area contributed by atoms with E-state index in [-0.39, 0.29) is 17.2 Å². The van der Waals surface area contributed by atoms with Gasteiger partial charge in [-0.05, 0) is 43.9 Å². The van der Waals surface area contributed by atoms with Crippen LogP contribution in [0.25, 0.3) is 0 Å². The molecule has 0 radical (unpaired) electrons. The molecule has 1 aromatic heterocycles. The summed E-state index contributed by atoms with van der Waals surface area (Å²) in [7, 11) is 0. The maximum absolute atomic E-state index is 12.6. The Morgan fingerprint density at radius 1 is 1.13 bits per heavy atom. The third kappa shape index (κ3) is 9.84. The van der Waals surface area contributed by atoms with Gasteiger partial charge in [-0.15, -0.1) is 0 Å². The van der Waals surface area contributed by atoms with Crippen molar-refractivity contribution in [3.05, 3.63) is 24.5 Å². The second kappa shape index (κ2) is 13.8. The van der Waals surface area contributed by atoms with Crippen LogP contribution in [0.15, 0.2) is 24.5 Å². The summed E-state index contributed by atoms with van der Waals surface area (Å²) in [6, 6.07) is 3.78. The lowest BCUT2D eigenvalue weighted by molar-refractivity contribution is -0.193. The molecule has 3 fully saturated rings. The zero-order chi connectivity index (χ0) is 29.3. The Morgan fingerprint density at radius 3 is 2.23 bits per heavy atom. The molecule has 3 N–H and O–H groups in total. The number of aromatic nitrogens is 1. The average molecular weight is 573 g/mol. The van der Waals surface area contributed by atoms with E-state index < -0.39 is 24.3 Å². The topological polar surface area (TPSA) is 138 Å². The summed E-state index contributed by atoms with van der Waals surface area (Å²) in [5.41, 5.74) is -0.284. The van der Waals surface area contributed by atoms with Crippen molar-refractivity contribution in [2.75, 3.05) is 46.0 Å². The van der Waals surface area contributed by atoms with Crippen LogP contribution in [0.3, 0.4) is 0 Å². The number of carbonyl (C=O) groups excluding carboxylic acids is 1. The van der Waals surface area contributed by atoms with Gasteiger partial charge in [0, 0.05) is 45.0 Å². The fourth-order valence-corrected chi connectivity index (χ4v) is 4.50. The van der Waals surface area contributed by atoms with Gasteiger partial charge in [0.05, 0.1) is 18.2 Å². The molecule has 3 aliphatic heterocycles. The molecule has 10 nitrogen and oxygen atoms in total. The van der Waals surface area contributed by atoms with Gasteiger partial charge in [-0.2, -0.15) is 26.3 Å². The second-order valence-electron chi connectivity index (χ2n) is 9.21. The van der Waals surface area contributed by atoms with Crippen LogP contribution in [0.5, 0.6) is 5.75 Å². The molecule has 220 valence electrons. The number of ether oxygens (including phenoxy) is 2. The van der Waals surface area contributed by atoms with E-state index >= 15 is 0 Å². The van der Waals surface area contributed by atoms with Crippen molar-refractivity contribution in [3.63, 3.8) is 0 Å². The Hall–Kier alpha value is -3.14. The molecule has 1 spiro atoms. The Labute approximate surface area is 219 Å². The molecule has 0 saturated carbocycles. The summed E-state index contributed by atoms with van der Waals surface area (Å²) >= 11 is 0. The zero-order valence-electron chi connectivity index (χ0n) is 20.6. The summed E-state index contributed by atoms with van der Waals surface area (Å²) in [5.74, 6) is -3.60.